The minimum atomic E-state index is -0.158. The van der Waals surface area contributed by atoms with Gasteiger partial charge in [-0.15, -0.1) is 0 Å². The summed E-state index contributed by atoms with van der Waals surface area (Å²) in [5, 5.41) is 9.70. The van der Waals surface area contributed by atoms with Crippen LogP contribution in [0.1, 0.15) is 62.5 Å². The van der Waals surface area contributed by atoms with Gasteiger partial charge in [0.2, 0.25) is 11.8 Å². The fourth-order valence-corrected chi connectivity index (χ4v) is 3.99. The molecule has 2 N–H and O–H groups in total. The molecule has 0 heterocycles. The maximum Gasteiger partial charge on any atom is 0.240 e. The zero-order chi connectivity index (χ0) is 24.8. The Labute approximate surface area is 219 Å². The zero-order valence-electron chi connectivity index (χ0n) is 18.5. The lowest BCUT2D eigenvalue weighted by atomic mass is 10.1. The Morgan fingerprint density at radius 1 is 0.618 bits per heavy atom. The smallest absolute Gasteiger partial charge is 0.240 e. The molecule has 0 aromatic heterocycles. The number of nitrogens with zero attached hydrogens (tertiary/aromatic N) is 2. The van der Waals surface area contributed by atoms with Gasteiger partial charge in [-0.1, -0.05) is 84.2 Å². The summed E-state index contributed by atoms with van der Waals surface area (Å²) in [6.45, 7) is 0. The average Bonchev–Trinajstić information content (AvgIpc) is 2.79. The molecule has 0 radical (unpaired) electrons. The first-order valence-corrected chi connectivity index (χ1v) is 12.4. The Balaban J connectivity index is 1.50. The quantitative estimate of drug-likeness (QED) is 0.161. The molecule has 2 aromatic carbocycles. The lowest BCUT2D eigenvalue weighted by molar-refractivity contribution is -0.122. The molecule has 0 atom stereocenters. The van der Waals surface area contributed by atoms with Gasteiger partial charge in [-0.2, -0.15) is 10.2 Å². The first-order chi connectivity index (χ1) is 16.4. The van der Waals surface area contributed by atoms with Crippen LogP contribution < -0.4 is 10.9 Å². The Hall–Kier alpha value is -2.12. The van der Waals surface area contributed by atoms with Crippen LogP contribution in [-0.4, -0.2) is 24.2 Å². The van der Waals surface area contributed by atoms with Crippen LogP contribution in [-0.2, 0) is 9.59 Å². The Morgan fingerprint density at radius 3 is 1.29 bits per heavy atom. The predicted molar refractivity (Wildman–Crippen MR) is 141 cm³/mol. The number of unbranched alkanes of at least 4 members (excludes halogenated alkanes) is 5. The average molecular weight is 544 g/mol. The van der Waals surface area contributed by atoms with Gasteiger partial charge in [0.15, 0.2) is 0 Å². The monoisotopic (exact) mass is 542 g/mol. The summed E-state index contributed by atoms with van der Waals surface area (Å²) in [6, 6.07) is 10.3. The van der Waals surface area contributed by atoms with E-state index < -0.39 is 0 Å². The second-order valence-electron chi connectivity index (χ2n) is 7.48. The maximum absolute atomic E-state index is 11.9. The molecule has 0 fully saturated rings. The highest BCUT2D eigenvalue weighted by molar-refractivity contribution is 6.39. The van der Waals surface area contributed by atoms with Gasteiger partial charge in [0.1, 0.15) is 0 Å². The maximum atomic E-state index is 11.9. The highest BCUT2D eigenvalue weighted by Gasteiger charge is 2.05. The van der Waals surface area contributed by atoms with Gasteiger partial charge < -0.3 is 0 Å². The number of rotatable bonds is 13. The first-order valence-electron chi connectivity index (χ1n) is 10.9. The Morgan fingerprint density at radius 2 is 0.941 bits per heavy atom. The molecule has 2 rings (SSSR count). The minimum Gasteiger partial charge on any atom is -0.273 e. The van der Waals surface area contributed by atoms with E-state index >= 15 is 0 Å². The molecule has 2 amide bonds. The molecular weight excluding hydrogens is 518 g/mol. The van der Waals surface area contributed by atoms with Gasteiger partial charge in [-0.05, 0) is 37.1 Å². The number of carbonyl (C=O) groups excluding carboxylic acids is 2. The topological polar surface area (TPSA) is 82.9 Å². The molecule has 0 spiro atoms. The van der Waals surface area contributed by atoms with E-state index in [0.717, 1.165) is 38.5 Å². The molecule has 0 aliphatic heterocycles. The summed E-state index contributed by atoms with van der Waals surface area (Å²) in [4.78, 5) is 23.7. The van der Waals surface area contributed by atoms with Crippen molar-refractivity contribution < 1.29 is 9.59 Å². The van der Waals surface area contributed by atoms with E-state index in [1.165, 1.54) is 12.4 Å². The van der Waals surface area contributed by atoms with Crippen LogP contribution >= 0.6 is 46.4 Å². The van der Waals surface area contributed by atoms with E-state index in [1.807, 2.05) is 0 Å². The van der Waals surface area contributed by atoms with E-state index in [1.54, 1.807) is 36.4 Å². The van der Waals surface area contributed by atoms with Gasteiger partial charge in [0.25, 0.3) is 0 Å². The number of amides is 2. The van der Waals surface area contributed by atoms with E-state index in [2.05, 4.69) is 21.1 Å². The summed E-state index contributed by atoms with van der Waals surface area (Å²) in [6.07, 6.45) is 9.07. The third kappa shape index (κ3) is 10.4. The van der Waals surface area contributed by atoms with Gasteiger partial charge in [-0.25, -0.2) is 10.9 Å². The van der Waals surface area contributed by atoms with Gasteiger partial charge in [0, 0.05) is 24.0 Å². The fraction of sp³-hybridized carbons (Fsp3) is 0.333. The van der Waals surface area contributed by atoms with E-state index in [4.69, 9.17) is 46.4 Å². The number of hydrogen-bond acceptors (Lipinski definition) is 4. The van der Waals surface area contributed by atoms with Crippen LogP contribution in [0, 0.1) is 0 Å². The van der Waals surface area contributed by atoms with Crippen LogP contribution in [0.4, 0.5) is 0 Å². The highest BCUT2D eigenvalue weighted by atomic mass is 35.5. The van der Waals surface area contributed by atoms with Gasteiger partial charge in [0.05, 0.1) is 32.5 Å². The largest absolute Gasteiger partial charge is 0.273 e. The van der Waals surface area contributed by atoms with Crippen LogP contribution in [0.5, 0.6) is 0 Å². The SMILES string of the molecule is O=C(CCCCCCCCC(=O)N/N=C/c1c(Cl)cccc1Cl)N/N=C/c1c(Cl)cccc1Cl. The molecule has 34 heavy (non-hydrogen) atoms. The molecule has 0 saturated carbocycles. The molecule has 10 heteroatoms. The first kappa shape index (κ1) is 28.1. The number of nitrogens with one attached hydrogen (secondary N) is 2. The molecule has 182 valence electrons. The summed E-state index contributed by atoms with van der Waals surface area (Å²) in [7, 11) is 0. The summed E-state index contributed by atoms with van der Waals surface area (Å²) < 4.78 is 0. The highest BCUT2D eigenvalue weighted by Crippen LogP contribution is 2.23. The van der Waals surface area contributed by atoms with Crippen molar-refractivity contribution in [3.8, 4) is 0 Å². The lowest BCUT2D eigenvalue weighted by Crippen LogP contribution is -2.17. The number of benzene rings is 2. The van der Waals surface area contributed by atoms with Gasteiger partial charge in [-0.3, -0.25) is 9.59 Å². The number of hydrazone groups is 2. The molecular formula is C24H26Cl4N4O2. The molecule has 0 unspecified atom stereocenters. The standard InChI is InChI=1S/C24H26Cl4N4O2/c25-19-9-7-10-20(26)17(19)15-29-31-23(33)13-5-3-1-2-4-6-14-24(34)32-30-16-18-21(27)11-8-12-22(18)28/h7-12,15-16H,1-6,13-14H2,(H,31,33)(H,32,34)/b29-15+,30-16+. The third-order valence-corrected chi connectivity index (χ3v) is 6.14. The van der Waals surface area contributed by atoms with Crippen molar-refractivity contribution in [3.63, 3.8) is 0 Å². The predicted octanol–water partition coefficient (Wildman–Crippen LogP) is 7.02. The molecule has 0 aliphatic carbocycles. The lowest BCUT2D eigenvalue weighted by Gasteiger charge is -2.03. The van der Waals surface area contributed by atoms with Crippen LogP contribution in [0.2, 0.25) is 20.1 Å². The number of carbonyl (C=O) groups is 2. The number of hydrogen-bond donors (Lipinski definition) is 2. The van der Waals surface area contributed by atoms with Crippen LogP contribution in [0.25, 0.3) is 0 Å². The van der Waals surface area contributed by atoms with E-state index in [0.29, 0.717) is 44.1 Å². The fourth-order valence-electron chi connectivity index (χ4n) is 3.00. The molecule has 0 aliphatic rings. The Kier molecular flexibility index (Phi) is 13.0. The van der Waals surface area contributed by atoms with Crippen LogP contribution in [0.15, 0.2) is 46.6 Å². The summed E-state index contributed by atoms with van der Waals surface area (Å²) in [5.41, 5.74) is 6.10. The van der Waals surface area contributed by atoms with Gasteiger partial charge >= 0.3 is 0 Å². The van der Waals surface area contributed by atoms with Crippen molar-refractivity contribution in [2.75, 3.05) is 0 Å². The minimum absolute atomic E-state index is 0.158. The van der Waals surface area contributed by atoms with Crippen molar-refractivity contribution in [2.24, 2.45) is 10.2 Å². The second-order valence-corrected chi connectivity index (χ2v) is 9.11. The van der Waals surface area contributed by atoms with Crippen molar-refractivity contribution in [1.29, 1.82) is 0 Å². The second kappa shape index (κ2) is 15.7. The van der Waals surface area contributed by atoms with Crippen molar-refractivity contribution in [1.82, 2.24) is 10.9 Å². The van der Waals surface area contributed by atoms with E-state index in [9.17, 15) is 9.59 Å². The number of halogens is 4. The summed E-state index contributed by atoms with van der Waals surface area (Å²) >= 11 is 24.2. The van der Waals surface area contributed by atoms with Crippen molar-refractivity contribution >= 4 is 70.6 Å². The van der Waals surface area contributed by atoms with Crippen molar-refractivity contribution in [2.45, 2.75) is 51.4 Å². The molecule has 0 saturated heterocycles. The zero-order valence-corrected chi connectivity index (χ0v) is 21.5. The Bertz CT molecular complexity index is 906. The van der Waals surface area contributed by atoms with Crippen molar-refractivity contribution in [3.05, 3.63) is 67.6 Å². The summed E-state index contributed by atoms with van der Waals surface area (Å²) in [5.74, 6) is -0.315. The van der Waals surface area contributed by atoms with Crippen LogP contribution in [0.3, 0.4) is 0 Å². The molecule has 0 bridgehead atoms. The molecule has 2 aromatic rings. The third-order valence-electron chi connectivity index (χ3n) is 4.82. The molecule has 6 nitrogen and oxygen atoms in total. The van der Waals surface area contributed by atoms with E-state index in [-0.39, 0.29) is 11.8 Å². The normalized spacial score (nSPS) is 11.3.